The molecule has 0 spiro atoms. The molecule has 5 nitrogen and oxygen atoms in total. The summed E-state index contributed by atoms with van der Waals surface area (Å²) in [6.07, 6.45) is 0. The SMILES string of the molecule is COC(=O)C(C)N(CC(N)=O)CC(C)C. The molecule has 1 amide bonds. The summed E-state index contributed by atoms with van der Waals surface area (Å²) in [7, 11) is 1.33. The molecule has 0 heterocycles. The van der Waals surface area contributed by atoms with Crippen LogP contribution >= 0.6 is 0 Å². The predicted molar refractivity (Wildman–Crippen MR) is 57.1 cm³/mol. The number of methoxy groups -OCH3 is 1. The quantitative estimate of drug-likeness (QED) is 0.634. The number of primary amides is 1. The van der Waals surface area contributed by atoms with E-state index in [-0.39, 0.29) is 12.5 Å². The van der Waals surface area contributed by atoms with Crippen molar-refractivity contribution in [2.24, 2.45) is 11.7 Å². The Labute approximate surface area is 90.6 Å². The Kier molecular flexibility index (Phi) is 5.93. The fourth-order valence-electron chi connectivity index (χ4n) is 1.35. The van der Waals surface area contributed by atoms with Gasteiger partial charge in [0.15, 0.2) is 0 Å². The Morgan fingerprint density at radius 2 is 1.87 bits per heavy atom. The molecule has 0 saturated heterocycles. The maximum atomic E-state index is 11.3. The molecule has 0 aromatic heterocycles. The average Bonchev–Trinajstić information content (AvgIpc) is 2.13. The summed E-state index contributed by atoms with van der Waals surface area (Å²) in [5.41, 5.74) is 5.12. The number of carbonyl (C=O) groups excluding carboxylic acids is 2. The maximum Gasteiger partial charge on any atom is 0.322 e. The number of amides is 1. The number of ether oxygens (including phenoxy) is 1. The first-order chi connectivity index (χ1) is 6.88. The fraction of sp³-hybridized carbons (Fsp3) is 0.800. The van der Waals surface area contributed by atoms with Crippen molar-refractivity contribution in [3.05, 3.63) is 0 Å². The van der Waals surface area contributed by atoms with Gasteiger partial charge in [-0.15, -0.1) is 0 Å². The zero-order valence-electron chi connectivity index (χ0n) is 9.82. The highest BCUT2D eigenvalue weighted by molar-refractivity contribution is 5.79. The van der Waals surface area contributed by atoms with Crippen LogP contribution in [0.3, 0.4) is 0 Å². The predicted octanol–water partition coefficient (Wildman–Crippen LogP) is -0.00880. The number of esters is 1. The molecule has 88 valence electrons. The van der Waals surface area contributed by atoms with Gasteiger partial charge in [-0.05, 0) is 12.8 Å². The lowest BCUT2D eigenvalue weighted by molar-refractivity contribution is -0.146. The first-order valence-electron chi connectivity index (χ1n) is 4.98. The maximum absolute atomic E-state index is 11.3. The molecule has 0 saturated carbocycles. The molecule has 0 aliphatic carbocycles. The van der Waals surface area contributed by atoms with Crippen LogP contribution < -0.4 is 5.73 Å². The molecule has 0 aliphatic rings. The lowest BCUT2D eigenvalue weighted by Gasteiger charge is -2.27. The van der Waals surface area contributed by atoms with Crippen LogP contribution in [0.15, 0.2) is 0 Å². The first kappa shape index (κ1) is 13.9. The van der Waals surface area contributed by atoms with Gasteiger partial charge in [-0.1, -0.05) is 13.8 Å². The van der Waals surface area contributed by atoms with Gasteiger partial charge in [0.2, 0.25) is 5.91 Å². The second-order valence-electron chi connectivity index (χ2n) is 3.99. The first-order valence-corrected chi connectivity index (χ1v) is 4.98. The lowest BCUT2D eigenvalue weighted by Crippen LogP contribution is -2.45. The highest BCUT2D eigenvalue weighted by Gasteiger charge is 2.23. The van der Waals surface area contributed by atoms with Crippen molar-refractivity contribution in [1.82, 2.24) is 4.90 Å². The van der Waals surface area contributed by atoms with E-state index in [2.05, 4.69) is 4.74 Å². The minimum Gasteiger partial charge on any atom is -0.468 e. The monoisotopic (exact) mass is 216 g/mol. The molecule has 15 heavy (non-hydrogen) atoms. The van der Waals surface area contributed by atoms with Gasteiger partial charge < -0.3 is 10.5 Å². The summed E-state index contributed by atoms with van der Waals surface area (Å²) >= 11 is 0. The molecule has 2 N–H and O–H groups in total. The summed E-state index contributed by atoms with van der Waals surface area (Å²) in [5, 5.41) is 0. The van der Waals surface area contributed by atoms with E-state index in [1.165, 1.54) is 7.11 Å². The summed E-state index contributed by atoms with van der Waals surface area (Å²) in [6, 6.07) is -0.440. The molecule has 0 aliphatic heterocycles. The molecule has 0 fully saturated rings. The van der Waals surface area contributed by atoms with Crippen molar-refractivity contribution in [2.75, 3.05) is 20.2 Å². The molecule has 0 rings (SSSR count). The fourth-order valence-corrected chi connectivity index (χ4v) is 1.35. The normalized spacial score (nSPS) is 12.9. The van der Waals surface area contributed by atoms with E-state index in [4.69, 9.17) is 5.73 Å². The topological polar surface area (TPSA) is 72.6 Å². The Morgan fingerprint density at radius 1 is 1.33 bits per heavy atom. The van der Waals surface area contributed by atoms with Crippen LogP contribution in [-0.2, 0) is 14.3 Å². The standard InChI is InChI=1S/C10H20N2O3/c1-7(2)5-12(6-9(11)13)8(3)10(14)15-4/h7-8H,5-6H2,1-4H3,(H2,11,13). The summed E-state index contributed by atoms with van der Waals surface area (Å²) < 4.78 is 4.62. The number of rotatable bonds is 6. The van der Waals surface area contributed by atoms with Gasteiger partial charge >= 0.3 is 5.97 Å². The third-order valence-electron chi connectivity index (χ3n) is 2.05. The third-order valence-corrected chi connectivity index (χ3v) is 2.05. The third kappa shape index (κ3) is 5.37. The smallest absolute Gasteiger partial charge is 0.322 e. The molecular formula is C10H20N2O3. The zero-order chi connectivity index (χ0) is 12.0. The number of nitrogens with two attached hydrogens (primary N) is 1. The van der Waals surface area contributed by atoms with Crippen molar-refractivity contribution < 1.29 is 14.3 Å². The molecule has 0 radical (unpaired) electrons. The van der Waals surface area contributed by atoms with Gasteiger partial charge in [0.1, 0.15) is 6.04 Å². The second kappa shape index (κ2) is 6.40. The van der Waals surface area contributed by atoms with E-state index in [0.717, 1.165) is 0 Å². The van der Waals surface area contributed by atoms with Crippen molar-refractivity contribution in [3.8, 4) is 0 Å². The van der Waals surface area contributed by atoms with E-state index in [1.807, 2.05) is 13.8 Å². The average molecular weight is 216 g/mol. The zero-order valence-corrected chi connectivity index (χ0v) is 9.82. The van der Waals surface area contributed by atoms with Crippen LogP contribution in [0.4, 0.5) is 0 Å². The van der Waals surface area contributed by atoms with E-state index in [9.17, 15) is 9.59 Å². The van der Waals surface area contributed by atoms with Crippen molar-refractivity contribution in [3.63, 3.8) is 0 Å². The van der Waals surface area contributed by atoms with Gasteiger partial charge in [0, 0.05) is 6.54 Å². The van der Waals surface area contributed by atoms with Crippen LogP contribution in [0.2, 0.25) is 0 Å². The Morgan fingerprint density at radius 3 is 2.20 bits per heavy atom. The number of nitrogens with zero attached hydrogens (tertiary/aromatic N) is 1. The minimum absolute atomic E-state index is 0.0778. The number of hydrogen-bond donors (Lipinski definition) is 1. The Balaban J connectivity index is 4.46. The molecule has 0 aromatic rings. The van der Waals surface area contributed by atoms with Crippen LogP contribution in [0.1, 0.15) is 20.8 Å². The molecule has 0 bridgehead atoms. The van der Waals surface area contributed by atoms with Crippen LogP contribution in [0.25, 0.3) is 0 Å². The number of carbonyl (C=O) groups is 2. The lowest BCUT2D eigenvalue weighted by atomic mass is 10.1. The van der Waals surface area contributed by atoms with Gasteiger partial charge in [0.25, 0.3) is 0 Å². The molecule has 1 unspecified atom stereocenters. The van der Waals surface area contributed by atoms with Crippen molar-refractivity contribution >= 4 is 11.9 Å². The van der Waals surface area contributed by atoms with Gasteiger partial charge in [-0.2, -0.15) is 0 Å². The van der Waals surface area contributed by atoms with Crippen molar-refractivity contribution in [2.45, 2.75) is 26.8 Å². The molecular weight excluding hydrogens is 196 g/mol. The van der Waals surface area contributed by atoms with Crippen LogP contribution in [-0.4, -0.2) is 43.0 Å². The van der Waals surface area contributed by atoms with E-state index in [0.29, 0.717) is 12.5 Å². The van der Waals surface area contributed by atoms with Gasteiger partial charge in [-0.25, -0.2) is 0 Å². The minimum atomic E-state index is -0.440. The number of hydrogen-bond acceptors (Lipinski definition) is 4. The summed E-state index contributed by atoms with van der Waals surface area (Å²) in [6.45, 7) is 6.45. The Hall–Kier alpha value is -1.10. The molecule has 5 heteroatoms. The largest absolute Gasteiger partial charge is 0.468 e. The van der Waals surface area contributed by atoms with E-state index < -0.39 is 11.9 Å². The van der Waals surface area contributed by atoms with Gasteiger partial charge in [-0.3, -0.25) is 14.5 Å². The van der Waals surface area contributed by atoms with Crippen molar-refractivity contribution in [1.29, 1.82) is 0 Å². The summed E-state index contributed by atoms with van der Waals surface area (Å²) in [4.78, 5) is 23.9. The second-order valence-corrected chi connectivity index (χ2v) is 3.99. The highest BCUT2D eigenvalue weighted by atomic mass is 16.5. The highest BCUT2D eigenvalue weighted by Crippen LogP contribution is 2.05. The van der Waals surface area contributed by atoms with Crippen LogP contribution in [0.5, 0.6) is 0 Å². The van der Waals surface area contributed by atoms with Gasteiger partial charge in [0.05, 0.1) is 13.7 Å². The summed E-state index contributed by atoms with van der Waals surface area (Å²) in [5.74, 6) is -0.431. The van der Waals surface area contributed by atoms with Crippen LogP contribution in [0, 0.1) is 5.92 Å². The Bertz CT molecular complexity index is 229. The molecule has 1 atom stereocenters. The molecule has 0 aromatic carbocycles. The van der Waals surface area contributed by atoms with E-state index >= 15 is 0 Å². The van der Waals surface area contributed by atoms with E-state index in [1.54, 1.807) is 11.8 Å².